The molecule has 7 nitrogen and oxygen atoms in total. The monoisotopic (exact) mass is 367 g/mol. The third-order valence-electron chi connectivity index (χ3n) is 5.47. The second-order valence-electron chi connectivity index (χ2n) is 7.10. The fraction of sp³-hybridized carbons (Fsp3) is 0.350. The lowest BCUT2D eigenvalue weighted by molar-refractivity contribution is -0.131. The fourth-order valence-corrected chi connectivity index (χ4v) is 4.17. The number of nitrogens with zero attached hydrogens (tertiary/aromatic N) is 2. The van der Waals surface area contributed by atoms with Gasteiger partial charge in [0, 0.05) is 31.6 Å². The highest BCUT2D eigenvalue weighted by Crippen LogP contribution is 2.47. The van der Waals surface area contributed by atoms with E-state index in [0.29, 0.717) is 38.0 Å². The predicted molar refractivity (Wildman–Crippen MR) is 97.9 cm³/mol. The summed E-state index contributed by atoms with van der Waals surface area (Å²) in [4.78, 5) is 40.5. The molecule has 0 radical (unpaired) electrons. The third-order valence-corrected chi connectivity index (χ3v) is 5.47. The van der Waals surface area contributed by atoms with Gasteiger partial charge in [0.1, 0.15) is 12.3 Å². The molecule has 2 aliphatic rings. The van der Waals surface area contributed by atoms with Crippen LogP contribution in [0.5, 0.6) is 0 Å². The number of benzene rings is 1. The van der Waals surface area contributed by atoms with Crippen LogP contribution in [-0.4, -0.2) is 42.3 Å². The van der Waals surface area contributed by atoms with Gasteiger partial charge in [-0.05, 0) is 30.2 Å². The summed E-state index contributed by atoms with van der Waals surface area (Å²) in [7, 11) is 0. The van der Waals surface area contributed by atoms with Gasteiger partial charge >= 0.3 is 0 Å². The first-order chi connectivity index (χ1) is 13.0. The molecule has 2 aromatic rings. The molecule has 4 rings (SSSR count). The Balaban J connectivity index is 1.54. The Labute approximate surface area is 156 Å². The highest BCUT2D eigenvalue weighted by Gasteiger charge is 2.55. The lowest BCUT2D eigenvalue weighted by atomic mass is 9.81. The first-order valence-corrected chi connectivity index (χ1v) is 9.01. The number of fused-ring (bicyclic) bond motifs is 2. The van der Waals surface area contributed by atoms with Crippen molar-refractivity contribution in [1.82, 2.24) is 4.90 Å². The van der Waals surface area contributed by atoms with Crippen LogP contribution in [0.3, 0.4) is 0 Å². The van der Waals surface area contributed by atoms with E-state index in [4.69, 9.17) is 10.2 Å². The standard InChI is InChI=1S/C20H21N3O4/c21-17(24)12-23-16-6-2-1-5-15(16)20(19(23)26)9-10-22(13-20)18(25)8-7-14-4-3-11-27-14/h1-6,11H,7-10,12-13H2,(H2,21,24)/t20-/m0/s1. The first kappa shape index (κ1) is 17.3. The Hall–Kier alpha value is -3.09. The molecule has 1 fully saturated rings. The summed E-state index contributed by atoms with van der Waals surface area (Å²) in [6, 6.07) is 11.1. The van der Waals surface area contributed by atoms with Gasteiger partial charge in [0.15, 0.2) is 0 Å². The number of hydrogen-bond donors (Lipinski definition) is 1. The van der Waals surface area contributed by atoms with Crippen LogP contribution in [0.2, 0.25) is 0 Å². The van der Waals surface area contributed by atoms with Crippen LogP contribution in [0, 0.1) is 0 Å². The summed E-state index contributed by atoms with van der Waals surface area (Å²) in [6.45, 7) is 0.695. The molecule has 7 heteroatoms. The van der Waals surface area contributed by atoms with Gasteiger partial charge in [-0.15, -0.1) is 0 Å². The summed E-state index contributed by atoms with van der Waals surface area (Å²) in [5, 5.41) is 0. The molecule has 0 aliphatic carbocycles. The zero-order valence-corrected chi connectivity index (χ0v) is 14.9. The van der Waals surface area contributed by atoms with E-state index in [0.717, 1.165) is 11.3 Å². The maximum Gasteiger partial charge on any atom is 0.240 e. The normalized spacial score (nSPS) is 21.1. The number of nitrogens with two attached hydrogens (primary N) is 1. The SMILES string of the molecule is NC(=O)CN1C(=O)[C@]2(CCN(C(=O)CCc3ccco3)C2)c2ccccc21. The van der Waals surface area contributed by atoms with Gasteiger partial charge in [0.2, 0.25) is 17.7 Å². The molecule has 3 heterocycles. The second kappa shape index (κ2) is 6.57. The van der Waals surface area contributed by atoms with Crippen LogP contribution >= 0.6 is 0 Å². The van der Waals surface area contributed by atoms with Gasteiger partial charge in [0.25, 0.3) is 0 Å². The lowest BCUT2D eigenvalue weighted by Crippen LogP contribution is -2.45. The van der Waals surface area contributed by atoms with Crippen molar-refractivity contribution in [1.29, 1.82) is 0 Å². The molecule has 1 atom stereocenters. The minimum absolute atomic E-state index is 0.00177. The number of anilines is 1. The second-order valence-corrected chi connectivity index (χ2v) is 7.10. The average molecular weight is 367 g/mol. The first-order valence-electron chi connectivity index (χ1n) is 9.01. The molecule has 2 aliphatic heterocycles. The van der Waals surface area contributed by atoms with E-state index in [2.05, 4.69) is 0 Å². The maximum absolute atomic E-state index is 13.2. The molecule has 1 saturated heterocycles. The summed E-state index contributed by atoms with van der Waals surface area (Å²) in [6.07, 6.45) is 3.01. The number of hydrogen-bond acceptors (Lipinski definition) is 4. The minimum atomic E-state index is -0.785. The molecule has 3 amide bonds. The van der Waals surface area contributed by atoms with Crippen molar-refractivity contribution >= 4 is 23.4 Å². The number of furan rings is 1. The number of primary amides is 1. The fourth-order valence-electron chi connectivity index (χ4n) is 4.17. The van der Waals surface area contributed by atoms with E-state index >= 15 is 0 Å². The highest BCUT2D eigenvalue weighted by atomic mass is 16.3. The molecule has 1 aromatic carbocycles. The van der Waals surface area contributed by atoms with Crippen molar-refractivity contribution in [2.45, 2.75) is 24.7 Å². The number of rotatable bonds is 5. The van der Waals surface area contributed by atoms with E-state index in [-0.39, 0.29) is 18.4 Å². The molecule has 2 N–H and O–H groups in total. The molecule has 0 unspecified atom stereocenters. The van der Waals surface area contributed by atoms with Crippen molar-refractivity contribution in [3.63, 3.8) is 0 Å². The zero-order valence-electron chi connectivity index (χ0n) is 14.9. The van der Waals surface area contributed by atoms with Gasteiger partial charge in [-0.2, -0.15) is 0 Å². The molecule has 0 bridgehead atoms. The Morgan fingerprint density at radius 1 is 1.19 bits per heavy atom. The van der Waals surface area contributed by atoms with Gasteiger partial charge in [-0.3, -0.25) is 14.4 Å². The van der Waals surface area contributed by atoms with Gasteiger partial charge in [-0.1, -0.05) is 18.2 Å². The van der Waals surface area contributed by atoms with Crippen LogP contribution in [-0.2, 0) is 26.2 Å². The van der Waals surface area contributed by atoms with Crippen molar-refractivity contribution in [2.24, 2.45) is 5.73 Å². The van der Waals surface area contributed by atoms with Crippen LogP contribution in [0.1, 0.15) is 24.2 Å². The van der Waals surface area contributed by atoms with Gasteiger partial charge in [0.05, 0.1) is 11.7 Å². The number of likely N-dealkylation sites (tertiary alicyclic amines) is 1. The van der Waals surface area contributed by atoms with Crippen molar-refractivity contribution < 1.29 is 18.8 Å². The van der Waals surface area contributed by atoms with E-state index in [1.165, 1.54) is 4.90 Å². The molecule has 140 valence electrons. The van der Waals surface area contributed by atoms with Crippen LogP contribution in [0.15, 0.2) is 47.1 Å². The summed E-state index contributed by atoms with van der Waals surface area (Å²) < 4.78 is 5.28. The molecule has 1 spiro atoms. The summed E-state index contributed by atoms with van der Waals surface area (Å²) >= 11 is 0. The van der Waals surface area contributed by atoms with Crippen LogP contribution in [0.4, 0.5) is 5.69 Å². The third kappa shape index (κ3) is 2.89. The summed E-state index contributed by atoms with van der Waals surface area (Å²) in [5.41, 5.74) is 6.14. The Morgan fingerprint density at radius 3 is 2.74 bits per heavy atom. The largest absolute Gasteiger partial charge is 0.469 e. The Bertz CT molecular complexity index is 892. The van der Waals surface area contributed by atoms with Gasteiger partial charge in [-0.25, -0.2) is 0 Å². The van der Waals surface area contributed by atoms with Gasteiger partial charge < -0.3 is 20.0 Å². The van der Waals surface area contributed by atoms with E-state index in [1.54, 1.807) is 17.2 Å². The van der Waals surface area contributed by atoms with Crippen molar-refractivity contribution in [2.75, 3.05) is 24.5 Å². The van der Waals surface area contributed by atoms with Crippen LogP contribution < -0.4 is 10.6 Å². The van der Waals surface area contributed by atoms with Crippen molar-refractivity contribution in [3.8, 4) is 0 Å². The smallest absolute Gasteiger partial charge is 0.240 e. The summed E-state index contributed by atoms with van der Waals surface area (Å²) in [5.74, 6) is 0.0671. The van der Waals surface area contributed by atoms with E-state index < -0.39 is 11.3 Å². The number of carbonyl (C=O) groups excluding carboxylic acids is 3. The predicted octanol–water partition coefficient (Wildman–Crippen LogP) is 1.21. The molecule has 27 heavy (non-hydrogen) atoms. The Morgan fingerprint density at radius 2 is 2.00 bits per heavy atom. The number of para-hydroxylation sites is 1. The van der Waals surface area contributed by atoms with Crippen LogP contribution in [0.25, 0.3) is 0 Å². The molecular formula is C20H21N3O4. The number of aryl methyl sites for hydroxylation is 1. The van der Waals surface area contributed by atoms with E-state index in [1.807, 2.05) is 30.3 Å². The topological polar surface area (TPSA) is 96.9 Å². The molecule has 0 saturated carbocycles. The minimum Gasteiger partial charge on any atom is -0.469 e. The average Bonchev–Trinajstić information content (AvgIpc) is 3.37. The lowest BCUT2D eigenvalue weighted by Gasteiger charge is -2.24. The Kier molecular flexibility index (Phi) is 4.22. The van der Waals surface area contributed by atoms with Crippen molar-refractivity contribution in [3.05, 3.63) is 54.0 Å². The van der Waals surface area contributed by atoms with E-state index in [9.17, 15) is 14.4 Å². The molecular weight excluding hydrogens is 346 g/mol. The molecule has 1 aromatic heterocycles. The maximum atomic E-state index is 13.2. The number of carbonyl (C=O) groups is 3. The number of amides is 3. The zero-order chi connectivity index (χ0) is 19.0. The quantitative estimate of drug-likeness (QED) is 0.859. The highest BCUT2D eigenvalue weighted by molar-refractivity contribution is 6.11.